The van der Waals surface area contributed by atoms with E-state index in [9.17, 15) is 30.0 Å². The van der Waals surface area contributed by atoms with Crippen molar-refractivity contribution in [2.45, 2.75) is 226 Å². The third-order valence-electron chi connectivity index (χ3n) is 11.1. The standard InChI is InChI=1S/C26H44O4.C25H42O4/c1-2-3-4-5-6-7-8-9-10-11-12-13-14-15-16-17-18-21-30-26(29)23-19-20-24(27)25(28)22-23;1-2-3-4-5-6-7-8-9-10-11-12-13-14-15-16-17-20-29-25(28)22-18-19-23(26)24(27)21-22/h19-20,22,27-28H,2-18,21H2,1H3;18-19,21,26-27H,2-17,20H2,1H3. The lowest BCUT2D eigenvalue weighted by atomic mass is 10.0. The minimum Gasteiger partial charge on any atom is -0.504 e. The van der Waals surface area contributed by atoms with Gasteiger partial charge in [0.15, 0.2) is 23.0 Å². The molecule has 8 nitrogen and oxygen atoms in total. The van der Waals surface area contributed by atoms with Crippen molar-refractivity contribution in [2.75, 3.05) is 13.2 Å². The maximum absolute atomic E-state index is 11.9. The molecule has 0 saturated carbocycles. The molecule has 0 fully saturated rings. The molecule has 2 aromatic rings. The Bertz CT molecular complexity index is 1290. The molecule has 0 aliphatic rings. The Balaban J connectivity index is 0.000000590. The van der Waals surface area contributed by atoms with E-state index in [-0.39, 0.29) is 34.1 Å². The van der Waals surface area contributed by atoms with Crippen molar-refractivity contribution in [3.05, 3.63) is 47.5 Å². The Labute approximate surface area is 359 Å². The molecule has 0 saturated heterocycles. The average Bonchev–Trinajstić information content (AvgIpc) is 3.23. The van der Waals surface area contributed by atoms with Crippen molar-refractivity contribution in [1.29, 1.82) is 0 Å². The predicted molar refractivity (Wildman–Crippen MR) is 244 cm³/mol. The number of aromatic hydroxyl groups is 4. The second-order valence-electron chi connectivity index (χ2n) is 16.6. The highest BCUT2D eigenvalue weighted by atomic mass is 16.5. The van der Waals surface area contributed by atoms with Gasteiger partial charge in [-0.25, -0.2) is 9.59 Å². The Kier molecular flexibility index (Phi) is 35.2. The Morgan fingerprint density at radius 1 is 0.339 bits per heavy atom. The number of ether oxygens (including phenoxy) is 2. The van der Waals surface area contributed by atoms with Gasteiger partial charge in [0.25, 0.3) is 0 Å². The highest BCUT2D eigenvalue weighted by molar-refractivity contribution is 5.90. The maximum atomic E-state index is 11.9. The number of esters is 2. The van der Waals surface area contributed by atoms with E-state index in [0.29, 0.717) is 13.2 Å². The van der Waals surface area contributed by atoms with Gasteiger partial charge < -0.3 is 29.9 Å². The fourth-order valence-electron chi connectivity index (χ4n) is 7.27. The number of benzene rings is 2. The lowest BCUT2D eigenvalue weighted by molar-refractivity contribution is 0.0488. The largest absolute Gasteiger partial charge is 0.504 e. The van der Waals surface area contributed by atoms with Crippen LogP contribution in [0.1, 0.15) is 246 Å². The van der Waals surface area contributed by atoms with Gasteiger partial charge in [-0.2, -0.15) is 0 Å². The number of phenolic OH excluding ortho intramolecular Hbond substituents is 4. The molecule has 0 spiro atoms. The van der Waals surface area contributed by atoms with Gasteiger partial charge in [-0.1, -0.05) is 213 Å². The van der Waals surface area contributed by atoms with E-state index < -0.39 is 11.9 Å². The second-order valence-corrected chi connectivity index (χ2v) is 16.6. The van der Waals surface area contributed by atoms with Crippen molar-refractivity contribution in [3.63, 3.8) is 0 Å². The molecule has 338 valence electrons. The number of phenols is 4. The Morgan fingerprint density at radius 3 is 0.780 bits per heavy atom. The Hall–Kier alpha value is -3.42. The average molecular weight is 827 g/mol. The summed E-state index contributed by atoms with van der Waals surface area (Å²) >= 11 is 0. The van der Waals surface area contributed by atoms with Crippen LogP contribution in [0, 0.1) is 0 Å². The van der Waals surface area contributed by atoms with Crippen LogP contribution < -0.4 is 0 Å². The van der Waals surface area contributed by atoms with Crippen molar-refractivity contribution in [2.24, 2.45) is 0 Å². The molecule has 2 rings (SSSR count). The summed E-state index contributed by atoms with van der Waals surface area (Å²) in [5.74, 6) is -1.99. The monoisotopic (exact) mass is 827 g/mol. The van der Waals surface area contributed by atoms with E-state index in [1.165, 1.54) is 223 Å². The first-order chi connectivity index (χ1) is 28.8. The van der Waals surface area contributed by atoms with Crippen LogP contribution in [-0.2, 0) is 9.47 Å². The summed E-state index contributed by atoms with van der Waals surface area (Å²) < 4.78 is 10.4. The van der Waals surface area contributed by atoms with E-state index in [2.05, 4.69) is 13.8 Å². The number of rotatable bonds is 37. The Morgan fingerprint density at radius 2 is 0.559 bits per heavy atom. The summed E-state index contributed by atoms with van der Waals surface area (Å²) in [6.45, 7) is 5.35. The number of hydrogen-bond acceptors (Lipinski definition) is 8. The third kappa shape index (κ3) is 31.2. The topological polar surface area (TPSA) is 134 Å². The minimum atomic E-state index is -0.457. The van der Waals surface area contributed by atoms with Crippen molar-refractivity contribution >= 4 is 11.9 Å². The first-order valence-electron chi connectivity index (χ1n) is 24.2. The lowest BCUT2D eigenvalue weighted by Gasteiger charge is -2.06. The molecular weight excluding hydrogens is 741 g/mol. The number of hydrogen-bond donors (Lipinski definition) is 4. The van der Waals surface area contributed by atoms with Crippen LogP contribution in [0.4, 0.5) is 0 Å². The third-order valence-corrected chi connectivity index (χ3v) is 11.1. The van der Waals surface area contributed by atoms with Crippen LogP contribution in [0.5, 0.6) is 23.0 Å². The second kappa shape index (κ2) is 38.8. The number of unbranched alkanes of at least 4 members (excludes halogenated alkanes) is 31. The van der Waals surface area contributed by atoms with Crippen molar-refractivity contribution in [1.82, 2.24) is 0 Å². The van der Waals surface area contributed by atoms with E-state index in [4.69, 9.17) is 9.47 Å². The van der Waals surface area contributed by atoms with Crippen molar-refractivity contribution < 1.29 is 39.5 Å². The van der Waals surface area contributed by atoms with Gasteiger partial charge in [-0.15, -0.1) is 0 Å². The van der Waals surface area contributed by atoms with Gasteiger partial charge >= 0.3 is 11.9 Å². The normalized spacial score (nSPS) is 10.9. The molecule has 0 radical (unpaired) electrons. The van der Waals surface area contributed by atoms with E-state index in [0.717, 1.165) is 25.7 Å². The molecule has 0 amide bonds. The first kappa shape index (κ1) is 53.6. The van der Waals surface area contributed by atoms with Gasteiger partial charge in [-0.05, 0) is 49.2 Å². The molecule has 59 heavy (non-hydrogen) atoms. The molecule has 0 atom stereocenters. The summed E-state index contributed by atoms with van der Waals surface area (Å²) in [6.07, 6.45) is 43.5. The summed E-state index contributed by atoms with van der Waals surface area (Å²) in [6, 6.07) is 7.94. The zero-order chi connectivity index (χ0) is 43.0. The number of carbonyl (C=O) groups is 2. The van der Waals surface area contributed by atoms with Crippen LogP contribution in [0.15, 0.2) is 36.4 Å². The zero-order valence-electron chi connectivity index (χ0n) is 37.6. The summed E-state index contributed by atoms with van der Waals surface area (Å²) in [5.41, 5.74) is 0.522. The van der Waals surface area contributed by atoms with Crippen molar-refractivity contribution in [3.8, 4) is 23.0 Å². The van der Waals surface area contributed by atoms with E-state index >= 15 is 0 Å². The zero-order valence-corrected chi connectivity index (χ0v) is 37.6. The fraction of sp³-hybridized carbons (Fsp3) is 0.725. The molecule has 2 aromatic carbocycles. The van der Waals surface area contributed by atoms with Gasteiger partial charge in [-0.3, -0.25) is 0 Å². The molecular formula is C51H86O8. The quantitative estimate of drug-likeness (QED) is 0.0301. The molecule has 0 bridgehead atoms. The molecule has 0 heterocycles. The summed E-state index contributed by atoms with van der Waals surface area (Å²) in [5, 5.41) is 37.3. The highest BCUT2D eigenvalue weighted by Crippen LogP contribution is 2.26. The van der Waals surface area contributed by atoms with Crippen LogP contribution in [0.2, 0.25) is 0 Å². The molecule has 0 unspecified atom stereocenters. The molecule has 0 aliphatic carbocycles. The van der Waals surface area contributed by atoms with Crippen LogP contribution in [0.3, 0.4) is 0 Å². The van der Waals surface area contributed by atoms with Gasteiger partial charge in [0.1, 0.15) is 0 Å². The lowest BCUT2D eigenvalue weighted by Crippen LogP contribution is -2.06. The number of carbonyl (C=O) groups excluding carboxylic acids is 2. The minimum absolute atomic E-state index is 0.236. The smallest absolute Gasteiger partial charge is 0.338 e. The van der Waals surface area contributed by atoms with Crippen LogP contribution in [-0.4, -0.2) is 45.6 Å². The van der Waals surface area contributed by atoms with Crippen LogP contribution in [0.25, 0.3) is 0 Å². The molecule has 0 aliphatic heterocycles. The maximum Gasteiger partial charge on any atom is 0.338 e. The van der Waals surface area contributed by atoms with Gasteiger partial charge in [0, 0.05) is 0 Å². The molecule has 8 heteroatoms. The van der Waals surface area contributed by atoms with Gasteiger partial charge in [0.05, 0.1) is 24.3 Å². The van der Waals surface area contributed by atoms with E-state index in [1.807, 2.05) is 0 Å². The molecule has 4 N–H and O–H groups in total. The van der Waals surface area contributed by atoms with Gasteiger partial charge in [0.2, 0.25) is 0 Å². The fourth-order valence-corrected chi connectivity index (χ4v) is 7.27. The highest BCUT2D eigenvalue weighted by Gasteiger charge is 2.11. The first-order valence-corrected chi connectivity index (χ1v) is 24.2. The summed E-state index contributed by atoms with van der Waals surface area (Å²) in [4.78, 5) is 23.7. The predicted octanol–water partition coefficient (Wildman–Crippen LogP) is 15.4. The van der Waals surface area contributed by atoms with Crippen LogP contribution >= 0.6 is 0 Å². The summed E-state index contributed by atoms with van der Waals surface area (Å²) in [7, 11) is 0. The van der Waals surface area contributed by atoms with E-state index in [1.54, 1.807) is 0 Å². The molecule has 0 aromatic heterocycles. The SMILES string of the molecule is CCCCCCCCCCCCCCCCCCCOC(=O)c1ccc(O)c(O)c1.CCCCCCCCCCCCCCCCCCOC(=O)c1ccc(O)c(O)c1.